The standard InChI is InChI=1S/C7H7NO3/c8-11-7(10)5-2-1-3-6(9)4-5/h1-4,9H,8H2. The molecular weight excluding hydrogens is 146 g/mol. The second kappa shape index (κ2) is 3.03. The van der Waals surface area contributed by atoms with E-state index in [9.17, 15) is 4.79 Å². The molecule has 0 spiro atoms. The molecule has 3 N–H and O–H groups in total. The summed E-state index contributed by atoms with van der Waals surface area (Å²) in [6.07, 6.45) is 0. The highest BCUT2D eigenvalue weighted by Crippen LogP contribution is 2.10. The van der Waals surface area contributed by atoms with Gasteiger partial charge in [-0.25, -0.2) is 4.79 Å². The Bertz CT molecular complexity index is 272. The summed E-state index contributed by atoms with van der Waals surface area (Å²) in [6, 6.07) is 5.75. The van der Waals surface area contributed by atoms with Gasteiger partial charge in [0.1, 0.15) is 5.75 Å². The summed E-state index contributed by atoms with van der Waals surface area (Å²) in [5.41, 5.74) is 0.229. The first-order chi connectivity index (χ1) is 5.24. The average molecular weight is 153 g/mol. The van der Waals surface area contributed by atoms with Crippen LogP contribution in [0.4, 0.5) is 0 Å². The molecule has 0 saturated heterocycles. The summed E-state index contributed by atoms with van der Waals surface area (Å²) in [6.45, 7) is 0. The molecule has 0 radical (unpaired) electrons. The van der Waals surface area contributed by atoms with Gasteiger partial charge in [0, 0.05) is 0 Å². The highest BCUT2D eigenvalue weighted by molar-refractivity contribution is 5.89. The molecule has 0 aromatic heterocycles. The van der Waals surface area contributed by atoms with Crippen molar-refractivity contribution in [1.82, 2.24) is 0 Å². The number of aromatic hydroxyl groups is 1. The Morgan fingerprint density at radius 3 is 2.82 bits per heavy atom. The molecule has 0 saturated carbocycles. The minimum Gasteiger partial charge on any atom is -0.508 e. The van der Waals surface area contributed by atoms with Crippen LogP contribution < -0.4 is 5.90 Å². The van der Waals surface area contributed by atoms with E-state index in [2.05, 4.69) is 10.7 Å². The van der Waals surface area contributed by atoms with Crippen LogP contribution in [-0.4, -0.2) is 11.1 Å². The van der Waals surface area contributed by atoms with Crippen LogP contribution in [0.25, 0.3) is 0 Å². The molecule has 0 heterocycles. The fourth-order valence-electron chi connectivity index (χ4n) is 0.701. The Labute approximate surface area is 63.2 Å². The van der Waals surface area contributed by atoms with Crippen LogP contribution in [0.5, 0.6) is 5.75 Å². The largest absolute Gasteiger partial charge is 0.508 e. The molecule has 0 atom stereocenters. The normalized spacial score (nSPS) is 9.18. The van der Waals surface area contributed by atoms with Gasteiger partial charge in [-0.3, -0.25) is 0 Å². The fraction of sp³-hybridized carbons (Fsp3) is 0. The van der Waals surface area contributed by atoms with E-state index >= 15 is 0 Å². The number of rotatable bonds is 1. The highest BCUT2D eigenvalue weighted by atomic mass is 16.7. The van der Waals surface area contributed by atoms with Crippen molar-refractivity contribution in [2.75, 3.05) is 0 Å². The molecule has 0 fully saturated rings. The number of carbonyl (C=O) groups is 1. The van der Waals surface area contributed by atoms with Gasteiger partial charge < -0.3 is 9.94 Å². The minimum atomic E-state index is -0.666. The lowest BCUT2D eigenvalue weighted by Crippen LogP contribution is -2.09. The predicted molar refractivity (Wildman–Crippen MR) is 37.7 cm³/mol. The number of carbonyl (C=O) groups excluding carboxylic acids is 1. The van der Waals surface area contributed by atoms with Gasteiger partial charge in [-0.05, 0) is 18.2 Å². The Balaban J connectivity index is 2.96. The molecule has 0 unspecified atom stereocenters. The van der Waals surface area contributed by atoms with Crippen molar-refractivity contribution < 1.29 is 14.7 Å². The van der Waals surface area contributed by atoms with E-state index in [0.717, 1.165) is 0 Å². The summed E-state index contributed by atoms with van der Waals surface area (Å²) in [5, 5.41) is 8.91. The van der Waals surface area contributed by atoms with E-state index in [4.69, 9.17) is 5.11 Å². The van der Waals surface area contributed by atoms with Crippen molar-refractivity contribution in [3.8, 4) is 5.75 Å². The molecule has 58 valence electrons. The zero-order valence-electron chi connectivity index (χ0n) is 5.65. The Kier molecular flexibility index (Phi) is 2.08. The monoisotopic (exact) mass is 153 g/mol. The molecule has 1 aromatic rings. The van der Waals surface area contributed by atoms with Crippen LogP contribution in [0.15, 0.2) is 24.3 Å². The van der Waals surface area contributed by atoms with Crippen molar-refractivity contribution >= 4 is 5.97 Å². The van der Waals surface area contributed by atoms with Gasteiger partial charge in [0.2, 0.25) is 0 Å². The van der Waals surface area contributed by atoms with Crippen molar-refractivity contribution in [3.05, 3.63) is 29.8 Å². The SMILES string of the molecule is NOC(=O)c1cccc(O)c1. The number of hydrogen-bond donors (Lipinski definition) is 2. The molecule has 4 nitrogen and oxygen atoms in total. The average Bonchev–Trinajstić information content (AvgIpc) is 2.03. The summed E-state index contributed by atoms with van der Waals surface area (Å²) in [4.78, 5) is 14.6. The van der Waals surface area contributed by atoms with Crippen LogP contribution in [0.2, 0.25) is 0 Å². The maximum atomic E-state index is 10.7. The lowest BCUT2D eigenvalue weighted by atomic mass is 10.2. The lowest BCUT2D eigenvalue weighted by Gasteiger charge is -1.96. The van der Waals surface area contributed by atoms with Gasteiger partial charge in [-0.1, -0.05) is 6.07 Å². The number of benzene rings is 1. The third-order valence-corrected chi connectivity index (χ3v) is 1.19. The second-order valence-corrected chi connectivity index (χ2v) is 1.96. The Morgan fingerprint density at radius 1 is 1.55 bits per heavy atom. The van der Waals surface area contributed by atoms with Gasteiger partial charge >= 0.3 is 5.97 Å². The molecule has 1 rings (SSSR count). The molecule has 0 bridgehead atoms. The van der Waals surface area contributed by atoms with Gasteiger partial charge in [0.15, 0.2) is 0 Å². The Morgan fingerprint density at radius 2 is 2.27 bits per heavy atom. The lowest BCUT2D eigenvalue weighted by molar-refractivity contribution is 0.0503. The zero-order chi connectivity index (χ0) is 8.27. The second-order valence-electron chi connectivity index (χ2n) is 1.96. The van der Waals surface area contributed by atoms with Crippen LogP contribution >= 0.6 is 0 Å². The van der Waals surface area contributed by atoms with E-state index in [1.54, 1.807) is 0 Å². The van der Waals surface area contributed by atoms with Crippen molar-refractivity contribution in [2.24, 2.45) is 5.90 Å². The topological polar surface area (TPSA) is 72.5 Å². The van der Waals surface area contributed by atoms with Crippen molar-refractivity contribution in [2.45, 2.75) is 0 Å². The molecule has 0 amide bonds. The minimum absolute atomic E-state index is 0.00731. The van der Waals surface area contributed by atoms with E-state index in [-0.39, 0.29) is 11.3 Å². The van der Waals surface area contributed by atoms with Gasteiger partial charge in [-0.2, -0.15) is 5.90 Å². The molecule has 11 heavy (non-hydrogen) atoms. The van der Waals surface area contributed by atoms with E-state index in [0.29, 0.717) is 0 Å². The Hall–Kier alpha value is -1.55. The van der Waals surface area contributed by atoms with Crippen LogP contribution in [0, 0.1) is 0 Å². The van der Waals surface area contributed by atoms with Crippen molar-refractivity contribution in [3.63, 3.8) is 0 Å². The van der Waals surface area contributed by atoms with E-state index < -0.39 is 5.97 Å². The van der Waals surface area contributed by atoms with Gasteiger partial charge in [0.25, 0.3) is 0 Å². The zero-order valence-corrected chi connectivity index (χ0v) is 5.65. The number of phenols is 1. The maximum absolute atomic E-state index is 10.7. The summed E-state index contributed by atoms with van der Waals surface area (Å²) in [5.74, 6) is 3.96. The van der Waals surface area contributed by atoms with Gasteiger partial charge in [-0.15, -0.1) is 0 Å². The summed E-state index contributed by atoms with van der Waals surface area (Å²) >= 11 is 0. The van der Waals surface area contributed by atoms with E-state index in [1.807, 2.05) is 0 Å². The first-order valence-corrected chi connectivity index (χ1v) is 2.94. The van der Waals surface area contributed by atoms with Crippen LogP contribution in [-0.2, 0) is 4.84 Å². The number of nitrogens with two attached hydrogens (primary N) is 1. The predicted octanol–water partition coefficient (Wildman–Crippen LogP) is 0.423. The fourth-order valence-corrected chi connectivity index (χ4v) is 0.701. The first kappa shape index (κ1) is 7.56. The number of hydrogen-bond acceptors (Lipinski definition) is 4. The quantitative estimate of drug-likeness (QED) is 0.573. The molecule has 4 heteroatoms. The third kappa shape index (κ3) is 1.68. The molecule has 0 aliphatic rings. The molecule has 0 aliphatic carbocycles. The van der Waals surface area contributed by atoms with Gasteiger partial charge in [0.05, 0.1) is 5.56 Å². The molecular formula is C7H7NO3. The summed E-state index contributed by atoms with van der Waals surface area (Å²) < 4.78 is 0. The van der Waals surface area contributed by atoms with Crippen LogP contribution in [0.1, 0.15) is 10.4 Å². The third-order valence-electron chi connectivity index (χ3n) is 1.19. The number of phenolic OH excluding ortho intramolecular Hbond substituents is 1. The molecule has 0 aliphatic heterocycles. The summed E-state index contributed by atoms with van der Waals surface area (Å²) in [7, 11) is 0. The first-order valence-electron chi connectivity index (χ1n) is 2.94. The maximum Gasteiger partial charge on any atom is 0.356 e. The molecule has 1 aromatic carbocycles. The van der Waals surface area contributed by atoms with Crippen LogP contribution in [0.3, 0.4) is 0 Å². The van der Waals surface area contributed by atoms with Crippen molar-refractivity contribution in [1.29, 1.82) is 0 Å². The smallest absolute Gasteiger partial charge is 0.356 e. The van der Waals surface area contributed by atoms with E-state index in [1.165, 1.54) is 24.3 Å². The highest BCUT2D eigenvalue weighted by Gasteiger charge is 2.04.